The van der Waals surface area contributed by atoms with Gasteiger partial charge in [-0.1, -0.05) is 29.1 Å². The molecule has 0 spiro atoms. The Morgan fingerprint density at radius 2 is 2.08 bits per heavy atom. The van der Waals surface area contributed by atoms with Crippen molar-refractivity contribution in [3.63, 3.8) is 0 Å². The Balaban J connectivity index is 3.01. The topological polar surface area (TPSA) is 61.9 Å². The third-order valence-electron chi connectivity index (χ3n) is 1.72. The van der Waals surface area contributed by atoms with E-state index in [1.807, 2.05) is 18.2 Å². The van der Waals surface area contributed by atoms with Gasteiger partial charge in [-0.15, -0.1) is 5.10 Å². The molecule has 0 bridgehead atoms. The first kappa shape index (κ1) is 6.84. The molecule has 2 N–H and O–H groups in total. The summed E-state index contributed by atoms with van der Waals surface area (Å²) in [6, 6.07) is 7.30. The fourth-order valence-corrected chi connectivity index (χ4v) is 1.11. The normalized spacial score (nSPS) is 10.3. The highest BCUT2D eigenvalue weighted by atomic mass is 16.5. The van der Waals surface area contributed by atoms with Crippen LogP contribution in [0.5, 0.6) is 0 Å². The molecule has 4 nitrogen and oxygen atoms in total. The first-order valence-corrected chi connectivity index (χ1v) is 3.50. The molecular weight excluding hydrogens is 154 g/mol. The van der Waals surface area contributed by atoms with Crippen molar-refractivity contribution < 1.29 is 5.21 Å². The molecule has 4 heteroatoms. The second-order valence-electron chi connectivity index (χ2n) is 2.47. The third-order valence-corrected chi connectivity index (χ3v) is 1.72. The lowest BCUT2D eigenvalue weighted by Gasteiger charge is -1.98. The summed E-state index contributed by atoms with van der Waals surface area (Å²) in [6.45, 7) is 0. The Kier molecular flexibility index (Phi) is 1.33. The van der Waals surface area contributed by atoms with E-state index in [-0.39, 0.29) is 5.49 Å². The fraction of sp³-hybridized carbons (Fsp3) is 0. The molecule has 0 aliphatic heterocycles. The lowest BCUT2D eigenvalue weighted by Crippen LogP contribution is -2.20. The van der Waals surface area contributed by atoms with Gasteiger partial charge in [-0.25, -0.2) is 0 Å². The largest absolute Gasteiger partial charge is 0.410 e. The summed E-state index contributed by atoms with van der Waals surface area (Å²) in [5.41, 5.74) is 0.00750. The predicted molar refractivity (Wildman–Crippen MR) is 42.8 cm³/mol. The van der Waals surface area contributed by atoms with E-state index in [0.29, 0.717) is 10.2 Å². The molecular formula is C8H7N3O. The molecule has 1 aromatic carbocycles. The number of hydrogen-bond donors (Lipinski definition) is 2. The lowest BCUT2D eigenvalue weighted by molar-refractivity contribution is 0.132. The van der Waals surface area contributed by atoms with Crippen LogP contribution in [0, 0.1) is 5.41 Å². The number of nitrogens with zero attached hydrogens (tertiary/aromatic N) is 2. The van der Waals surface area contributed by atoms with Gasteiger partial charge in [0.1, 0.15) is 0 Å². The van der Waals surface area contributed by atoms with E-state index in [1.165, 1.54) is 6.20 Å². The van der Waals surface area contributed by atoms with Crippen molar-refractivity contribution in [2.75, 3.05) is 0 Å². The summed E-state index contributed by atoms with van der Waals surface area (Å²) in [5, 5.41) is 21.6. The van der Waals surface area contributed by atoms with E-state index in [1.54, 1.807) is 6.07 Å². The van der Waals surface area contributed by atoms with E-state index in [4.69, 9.17) is 10.6 Å². The molecule has 2 rings (SSSR count). The minimum absolute atomic E-state index is 0.00750. The van der Waals surface area contributed by atoms with Gasteiger partial charge in [-0.05, 0) is 0 Å². The van der Waals surface area contributed by atoms with E-state index >= 15 is 0 Å². The SMILES string of the molecule is N=c1c2ccccc2cnn1O. The second-order valence-corrected chi connectivity index (χ2v) is 2.47. The van der Waals surface area contributed by atoms with Gasteiger partial charge >= 0.3 is 0 Å². The molecule has 60 valence electrons. The number of fused-ring (bicyclic) bond motifs is 1. The van der Waals surface area contributed by atoms with E-state index in [9.17, 15) is 0 Å². The highest BCUT2D eigenvalue weighted by Gasteiger charge is 1.96. The van der Waals surface area contributed by atoms with Crippen LogP contribution in [0.1, 0.15) is 0 Å². The minimum atomic E-state index is 0.00750. The number of rotatable bonds is 0. The highest BCUT2D eigenvalue weighted by molar-refractivity contribution is 5.79. The van der Waals surface area contributed by atoms with Gasteiger partial charge in [0.15, 0.2) is 5.49 Å². The number of nitrogens with one attached hydrogen (secondary N) is 1. The molecule has 12 heavy (non-hydrogen) atoms. The van der Waals surface area contributed by atoms with Crippen LogP contribution >= 0.6 is 0 Å². The van der Waals surface area contributed by atoms with Crippen LogP contribution in [0.15, 0.2) is 30.5 Å². The molecule has 0 aliphatic carbocycles. The van der Waals surface area contributed by atoms with Crippen LogP contribution < -0.4 is 5.49 Å². The fourth-order valence-electron chi connectivity index (χ4n) is 1.11. The summed E-state index contributed by atoms with van der Waals surface area (Å²) >= 11 is 0. The molecule has 0 amide bonds. The van der Waals surface area contributed by atoms with Crippen molar-refractivity contribution >= 4 is 10.8 Å². The predicted octanol–water partition coefficient (Wildman–Crippen LogP) is 0.753. The summed E-state index contributed by atoms with van der Waals surface area (Å²) in [5.74, 6) is 0. The third kappa shape index (κ3) is 0.852. The number of aromatic nitrogens is 2. The van der Waals surface area contributed by atoms with Crippen molar-refractivity contribution in [1.82, 2.24) is 9.94 Å². The molecule has 2 aromatic rings. The zero-order valence-corrected chi connectivity index (χ0v) is 6.23. The molecule has 1 aromatic heterocycles. The maximum absolute atomic E-state index is 9.04. The van der Waals surface area contributed by atoms with Gasteiger partial charge < -0.3 is 5.21 Å². The van der Waals surface area contributed by atoms with Crippen LogP contribution in [0.3, 0.4) is 0 Å². The average molecular weight is 161 g/mol. The van der Waals surface area contributed by atoms with Crippen LogP contribution in [0.25, 0.3) is 10.8 Å². The number of hydrogen-bond acceptors (Lipinski definition) is 3. The molecule has 0 fully saturated rings. The summed E-state index contributed by atoms with van der Waals surface area (Å²) < 4.78 is 0. The Labute approximate surface area is 68.2 Å². The van der Waals surface area contributed by atoms with Gasteiger partial charge in [-0.2, -0.15) is 0 Å². The summed E-state index contributed by atoms with van der Waals surface area (Å²) in [6.07, 6.45) is 1.52. The molecule has 0 aliphatic rings. The van der Waals surface area contributed by atoms with Gasteiger partial charge in [0.25, 0.3) is 0 Å². The minimum Gasteiger partial charge on any atom is -0.410 e. The quantitative estimate of drug-likeness (QED) is 0.560. The van der Waals surface area contributed by atoms with Gasteiger partial charge in [-0.3, -0.25) is 5.41 Å². The first-order valence-electron chi connectivity index (χ1n) is 3.50. The molecule has 0 unspecified atom stereocenters. The molecule has 0 atom stereocenters. The first-order chi connectivity index (χ1) is 5.79. The second kappa shape index (κ2) is 2.34. The number of benzene rings is 1. The van der Waals surface area contributed by atoms with E-state index in [2.05, 4.69) is 5.10 Å². The maximum atomic E-state index is 9.04. The van der Waals surface area contributed by atoms with Crippen LogP contribution in [0.4, 0.5) is 0 Å². The van der Waals surface area contributed by atoms with E-state index < -0.39 is 0 Å². The monoisotopic (exact) mass is 161 g/mol. The van der Waals surface area contributed by atoms with Crippen LogP contribution in [0.2, 0.25) is 0 Å². The summed E-state index contributed by atoms with van der Waals surface area (Å²) in [4.78, 5) is 0.558. The Morgan fingerprint density at radius 3 is 2.92 bits per heavy atom. The van der Waals surface area contributed by atoms with Gasteiger partial charge in [0, 0.05) is 10.8 Å². The maximum Gasteiger partial charge on any atom is 0.190 e. The summed E-state index contributed by atoms with van der Waals surface area (Å²) in [7, 11) is 0. The molecule has 1 heterocycles. The highest BCUT2D eigenvalue weighted by Crippen LogP contribution is 2.05. The van der Waals surface area contributed by atoms with Gasteiger partial charge in [0.2, 0.25) is 0 Å². The van der Waals surface area contributed by atoms with Crippen LogP contribution in [-0.4, -0.2) is 15.2 Å². The van der Waals surface area contributed by atoms with Crippen molar-refractivity contribution in [1.29, 1.82) is 5.41 Å². The smallest absolute Gasteiger partial charge is 0.190 e. The zero-order chi connectivity index (χ0) is 8.55. The van der Waals surface area contributed by atoms with Crippen LogP contribution in [-0.2, 0) is 0 Å². The molecule has 0 saturated heterocycles. The van der Waals surface area contributed by atoms with Gasteiger partial charge in [0.05, 0.1) is 6.20 Å². The van der Waals surface area contributed by atoms with Crippen molar-refractivity contribution in [3.05, 3.63) is 36.0 Å². The lowest BCUT2D eigenvalue weighted by atomic mass is 10.2. The molecule has 0 saturated carbocycles. The molecule has 0 radical (unpaired) electrons. The Morgan fingerprint density at radius 1 is 1.33 bits per heavy atom. The van der Waals surface area contributed by atoms with Crippen molar-refractivity contribution in [2.45, 2.75) is 0 Å². The Bertz CT molecular complexity index is 475. The van der Waals surface area contributed by atoms with Crippen molar-refractivity contribution in [3.8, 4) is 0 Å². The standard InChI is InChI=1S/C8H7N3O/c9-8-7-4-2-1-3-6(7)5-10-11(8)12/h1-5,9,12H. The Hall–Kier alpha value is -1.84. The van der Waals surface area contributed by atoms with E-state index in [0.717, 1.165) is 5.39 Å². The average Bonchev–Trinajstić information content (AvgIpc) is 2.12. The zero-order valence-electron chi connectivity index (χ0n) is 6.23. The van der Waals surface area contributed by atoms with Crippen molar-refractivity contribution in [2.24, 2.45) is 0 Å².